The van der Waals surface area contributed by atoms with E-state index in [1.54, 1.807) is 4.90 Å². The molecule has 0 saturated heterocycles. The molecule has 1 atom stereocenters. The lowest BCUT2D eigenvalue weighted by atomic mass is 9.83. The minimum Gasteiger partial charge on any atom is -0.443 e. The van der Waals surface area contributed by atoms with Crippen LogP contribution in [0.2, 0.25) is 0 Å². The molecular formula is C32H39FN2O2. The quantitative estimate of drug-likeness (QED) is 0.351. The molecule has 196 valence electrons. The summed E-state index contributed by atoms with van der Waals surface area (Å²) in [6.45, 7) is 14.1. The third-order valence-corrected chi connectivity index (χ3v) is 6.66. The Kier molecular flexibility index (Phi) is 7.36. The number of halogens is 1. The zero-order valence-electron chi connectivity index (χ0n) is 23.3. The average Bonchev–Trinajstić information content (AvgIpc) is 2.78. The van der Waals surface area contributed by atoms with Crippen molar-refractivity contribution in [1.29, 1.82) is 0 Å². The van der Waals surface area contributed by atoms with E-state index < -0.39 is 5.60 Å². The molecule has 0 N–H and O–H groups in total. The summed E-state index contributed by atoms with van der Waals surface area (Å²) in [6.07, 6.45) is 0.632. The minimum absolute atomic E-state index is 0.0828. The summed E-state index contributed by atoms with van der Waals surface area (Å²) >= 11 is 0. The zero-order chi connectivity index (χ0) is 27.1. The van der Waals surface area contributed by atoms with Gasteiger partial charge < -0.3 is 9.64 Å². The van der Waals surface area contributed by atoms with Gasteiger partial charge in [-0.25, -0.2) is 9.18 Å². The Bertz CT molecular complexity index is 1270. The summed E-state index contributed by atoms with van der Waals surface area (Å²) < 4.78 is 19.6. The molecule has 0 spiro atoms. The van der Waals surface area contributed by atoms with E-state index in [0.717, 1.165) is 34.5 Å². The number of ether oxygens (including phenoxy) is 1. The number of hydrogen-bond donors (Lipinski definition) is 0. The average molecular weight is 503 g/mol. The maximum Gasteiger partial charge on any atom is 0.415 e. The molecule has 0 fully saturated rings. The molecule has 4 rings (SSSR count). The zero-order valence-corrected chi connectivity index (χ0v) is 23.3. The van der Waals surface area contributed by atoms with Crippen LogP contribution in [-0.2, 0) is 11.2 Å². The first-order valence-corrected chi connectivity index (χ1v) is 13.1. The van der Waals surface area contributed by atoms with E-state index in [2.05, 4.69) is 56.1 Å². The fourth-order valence-electron chi connectivity index (χ4n) is 5.19. The van der Waals surface area contributed by atoms with Gasteiger partial charge in [0.05, 0.1) is 6.04 Å². The topological polar surface area (TPSA) is 32.8 Å². The van der Waals surface area contributed by atoms with Crippen molar-refractivity contribution in [3.63, 3.8) is 0 Å². The van der Waals surface area contributed by atoms with Crippen LogP contribution in [0.3, 0.4) is 0 Å². The van der Waals surface area contributed by atoms with E-state index in [1.807, 2.05) is 52.8 Å². The highest BCUT2D eigenvalue weighted by Gasteiger charge is 2.32. The van der Waals surface area contributed by atoms with Crippen molar-refractivity contribution in [2.45, 2.75) is 72.6 Å². The van der Waals surface area contributed by atoms with Gasteiger partial charge in [-0.15, -0.1) is 0 Å². The van der Waals surface area contributed by atoms with E-state index in [0.29, 0.717) is 5.92 Å². The van der Waals surface area contributed by atoms with Crippen molar-refractivity contribution in [1.82, 2.24) is 0 Å². The van der Waals surface area contributed by atoms with Gasteiger partial charge >= 0.3 is 6.09 Å². The Labute approximate surface area is 221 Å². The highest BCUT2D eigenvalue weighted by atomic mass is 19.1. The first kappa shape index (κ1) is 26.7. The minimum atomic E-state index is -0.588. The largest absolute Gasteiger partial charge is 0.443 e. The van der Waals surface area contributed by atoms with E-state index in [4.69, 9.17) is 4.74 Å². The molecule has 3 aromatic rings. The number of benzene rings is 3. The third kappa shape index (κ3) is 5.66. The van der Waals surface area contributed by atoms with Crippen molar-refractivity contribution in [3.8, 4) is 11.1 Å². The smallest absolute Gasteiger partial charge is 0.415 e. The lowest BCUT2D eigenvalue weighted by Gasteiger charge is -2.39. The van der Waals surface area contributed by atoms with Gasteiger partial charge in [0.2, 0.25) is 0 Å². The molecule has 5 heteroatoms. The van der Waals surface area contributed by atoms with Crippen LogP contribution in [0, 0.1) is 11.7 Å². The number of fused-ring (bicyclic) bond motifs is 3. The van der Waals surface area contributed by atoms with Crippen molar-refractivity contribution in [2.24, 2.45) is 5.92 Å². The maximum absolute atomic E-state index is 13.8. The van der Waals surface area contributed by atoms with Crippen molar-refractivity contribution in [2.75, 3.05) is 16.8 Å². The lowest BCUT2D eigenvalue weighted by Crippen LogP contribution is -2.41. The molecule has 0 aliphatic carbocycles. The number of anilines is 2. The molecule has 0 saturated carbocycles. The Morgan fingerprint density at radius 1 is 0.973 bits per heavy atom. The van der Waals surface area contributed by atoms with Gasteiger partial charge in [0.1, 0.15) is 11.4 Å². The number of carbonyl (C=O) groups excluding carboxylic acids is 1. The molecule has 1 unspecified atom stereocenters. The molecule has 1 aliphatic rings. The van der Waals surface area contributed by atoms with Gasteiger partial charge in [0.25, 0.3) is 0 Å². The van der Waals surface area contributed by atoms with Gasteiger partial charge in [-0.2, -0.15) is 0 Å². The normalized spacial score (nSPS) is 15.0. The van der Waals surface area contributed by atoms with E-state index in [1.165, 1.54) is 23.3 Å². The molecule has 1 aliphatic heterocycles. The molecule has 0 radical (unpaired) electrons. The summed E-state index contributed by atoms with van der Waals surface area (Å²) in [7, 11) is 2.07. The van der Waals surface area contributed by atoms with Gasteiger partial charge in [-0.05, 0) is 93.5 Å². The SMILES string of the molecule is CC(C)Cc1ccc2c(c1)C(c1ccc(F)cc1)N(C)c1cc(N(C(=O)OC(C)(C)C)C(C)C)ccc1-2. The Hall–Kier alpha value is -3.34. The van der Waals surface area contributed by atoms with E-state index >= 15 is 0 Å². The van der Waals surface area contributed by atoms with Crippen LogP contribution in [0.15, 0.2) is 60.7 Å². The predicted molar refractivity (Wildman–Crippen MR) is 151 cm³/mol. The summed E-state index contributed by atoms with van der Waals surface area (Å²) in [4.78, 5) is 17.1. The van der Waals surface area contributed by atoms with Crippen molar-refractivity contribution >= 4 is 17.5 Å². The first-order chi connectivity index (χ1) is 17.4. The Morgan fingerprint density at radius 3 is 2.22 bits per heavy atom. The van der Waals surface area contributed by atoms with Gasteiger partial charge in [-0.1, -0.05) is 50.2 Å². The van der Waals surface area contributed by atoms with Crippen LogP contribution < -0.4 is 9.80 Å². The Balaban J connectivity index is 1.86. The highest BCUT2D eigenvalue weighted by molar-refractivity contribution is 5.93. The second-order valence-electron chi connectivity index (χ2n) is 11.7. The van der Waals surface area contributed by atoms with Gasteiger partial charge in [-0.3, -0.25) is 4.90 Å². The Morgan fingerprint density at radius 2 is 1.62 bits per heavy atom. The maximum atomic E-state index is 13.8. The first-order valence-electron chi connectivity index (χ1n) is 13.1. The highest BCUT2D eigenvalue weighted by Crippen LogP contribution is 2.48. The van der Waals surface area contributed by atoms with E-state index in [-0.39, 0.29) is 24.0 Å². The molecule has 3 aromatic carbocycles. The predicted octanol–water partition coefficient (Wildman–Crippen LogP) is 8.38. The molecule has 4 nitrogen and oxygen atoms in total. The van der Waals surface area contributed by atoms with Crippen LogP contribution in [0.25, 0.3) is 11.1 Å². The number of amides is 1. The van der Waals surface area contributed by atoms with Crippen LogP contribution in [-0.4, -0.2) is 24.8 Å². The number of rotatable bonds is 5. The fraction of sp³-hybridized carbons (Fsp3) is 0.406. The van der Waals surface area contributed by atoms with Gasteiger partial charge in [0, 0.05) is 30.0 Å². The molecule has 1 amide bonds. The summed E-state index contributed by atoms with van der Waals surface area (Å²) in [6, 6.07) is 19.5. The molecule has 1 heterocycles. The number of carbonyl (C=O) groups is 1. The van der Waals surface area contributed by atoms with Crippen molar-refractivity contribution < 1.29 is 13.9 Å². The summed E-state index contributed by atoms with van der Waals surface area (Å²) in [5.41, 5.74) is 7.02. The van der Waals surface area contributed by atoms with Gasteiger partial charge in [0.15, 0.2) is 0 Å². The van der Waals surface area contributed by atoms with Crippen LogP contribution >= 0.6 is 0 Å². The molecular weight excluding hydrogens is 463 g/mol. The molecule has 0 bridgehead atoms. The standard InChI is InChI=1S/C32H39FN2O2/c1-20(2)17-22-9-15-26-27-16-14-25(35(21(3)4)31(36)37-32(5,6)7)19-29(27)34(8)30(28(26)18-22)23-10-12-24(33)13-11-23/h9-16,18-21,30H,17H2,1-8H3. The summed E-state index contributed by atoms with van der Waals surface area (Å²) in [5.74, 6) is 0.303. The second kappa shape index (κ2) is 10.2. The van der Waals surface area contributed by atoms with E-state index in [9.17, 15) is 9.18 Å². The van der Waals surface area contributed by atoms with Crippen LogP contribution in [0.1, 0.15) is 71.2 Å². The van der Waals surface area contributed by atoms with Crippen LogP contribution in [0.4, 0.5) is 20.6 Å². The molecule has 37 heavy (non-hydrogen) atoms. The number of nitrogens with zero attached hydrogens (tertiary/aromatic N) is 2. The molecule has 0 aromatic heterocycles. The van der Waals surface area contributed by atoms with Crippen molar-refractivity contribution in [3.05, 3.63) is 83.2 Å². The lowest BCUT2D eigenvalue weighted by molar-refractivity contribution is 0.0570. The monoisotopic (exact) mass is 502 g/mol. The second-order valence-corrected chi connectivity index (χ2v) is 11.7. The third-order valence-electron chi connectivity index (χ3n) is 6.66. The number of hydrogen-bond acceptors (Lipinski definition) is 3. The van der Waals surface area contributed by atoms with Crippen LogP contribution in [0.5, 0.6) is 0 Å². The fourth-order valence-corrected chi connectivity index (χ4v) is 5.19. The summed E-state index contributed by atoms with van der Waals surface area (Å²) in [5, 5.41) is 0.